The van der Waals surface area contributed by atoms with Crippen molar-refractivity contribution < 1.29 is 14.7 Å². The van der Waals surface area contributed by atoms with Crippen molar-refractivity contribution in [3.05, 3.63) is 0 Å². The Labute approximate surface area is 130 Å². The van der Waals surface area contributed by atoms with Crippen LogP contribution in [-0.4, -0.2) is 65.2 Å². The summed E-state index contributed by atoms with van der Waals surface area (Å²) in [5.74, 6) is 1.48. The maximum atomic E-state index is 12.0. The molecule has 7 heteroatoms. The van der Waals surface area contributed by atoms with E-state index in [0.717, 1.165) is 56.8 Å². The summed E-state index contributed by atoms with van der Waals surface area (Å²) in [6.07, 6.45) is 3.51. The van der Waals surface area contributed by atoms with Crippen LogP contribution in [0.5, 0.6) is 0 Å². The number of rotatable bonds is 6. The lowest BCUT2D eigenvalue weighted by molar-refractivity contribution is -0.138. The Morgan fingerprint density at radius 1 is 1.19 bits per heavy atom. The SMILES string of the molecule is O=C(O)CC1(NC(=O)NCCN2CCSCC2)CCCC1. The molecule has 0 aromatic heterocycles. The minimum atomic E-state index is -0.844. The van der Waals surface area contributed by atoms with Gasteiger partial charge in [-0.3, -0.25) is 9.69 Å². The van der Waals surface area contributed by atoms with E-state index in [0.29, 0.717) is 6.54 Å². The van der Waals surface area contributed by atoms with E-state index >= 15 is 0 Å². The smallest absolute Gasteiger partial charge is 0.315 e. The number of nitrogens with zero attached hydrogens (tertiary/aromatic N) is 1. The molecule has 0 atom stereocenters. The summed E-state index contributed by atoms with van der Waals surface area (Å²) in [5, 5.41) is 14.8. The maximum absolute atomic E-state index is 12.0. The zero-order chi connectivity index (χ0) is 15.1. The fourth-order valence-electron chi connectivity index (χ4n) is 3.12. The van der Waals surface area contributed by atoms with E-state index < -0.39 is 11.5 Å². The van der Waals surface area contributed by atoms with Crippen molar-refractivity contribution in [2.75, 3.05) is 37.7 Å². The van der Waals surface area contributed by atoms with Gasteiger partial charge in [-0.15, -0.1) is 0 Å². The lowest BCUT2D eigenvalue weighted by Crippen LogP contribution is -2.52. The number of aliphatic carboxylic acids is 1. The van der Waals surface area contributed by atoms with Gasteiger partial charge in [0, 0.05) is 37.7 Å². The summed E-state index contributed by atoms with van der Waals surface area (Å²) in [7, 11) is 0. The highest BCUT2D eigenvalue weighted by Crippen LogP contribution is 2.32. The molecule has 21 heavy (non-hydrogen) atoms. The van der Waals surface area contributed by atoms with E-state index in [1.165, 1.54) is 0 Å². The lowest BCUT2D eigenvalue weighted by atomic mass is 9.93. The summed E-state index contributed by atoms with van der Waals surface area (Å²) in [6.45, 7) is 3.63. The van der Waals surface area contributed by atoms with E-state index in [9.17, 15) is 9.59 Å². The van der Waals surface area contributed by atoms with Crippen molar-refractivity contribution in [1.82, 2.24) is 15.5 Å². The Morgan fingerprint density at radius 3 is 2.48 bits per heavy atom. The normalized spacial score (nSPS) is 21.9. The maximum Gasteiger partial charge on any atom is 0.315 e. The number of thioether (sulfide) groups is 1. The van der Waals surface area contributed by atoms with E-state index in [4.69, 9.17) is 5.11 Å². The zero-order valence-corrected chi connectivity index (χ0v) is 13.2. The third-order valence-electron chi connectivity index (χ3n) is 4.25. The van der Waals surface area contributed by atoms with Crippen LogP contribution in [0.25, 0.3) is 0 Å². The molecule has 0 bridgehead atoms. The highest BCUT2D eigenvalue weighted by molar-refractivity contribution is 7.99. The molecule has 0 spiro atoms. The molecule has 2 amide bonds. The van der Waals surface area contributed by atoms with Gasteiger partial charge in [-0.05, 0) is 12.8 Å². The molecule has 1 heterocycles. The van der Waals surface area contributed by atoms with Crippen LogP contribution in [0, 0.1) is 0 Å². The molecule has 0 aromatic rings. The second kappa shape index (κ2) is 7.89. The van der Waals surface area contributed by atoms with Crippen LogP contribution in [0.2, 0.25) is 0 Å². The van der Waals surface area contributed by atoms with E-state index in [-0.39, 0.29) is 12.5 Å². The summed E-state index contributed by atoms with van der Waals surface area (Å²) in [4.78, 5) is 25.3. The van der Waals surface area contributed by atoms with Crippen LogP contribution in [0.15, 0.2) is 0 Å². The first-order chi connectivity index (χ1) is 10.1. The Morgan fingerprint density at radius 2 is 1.86 bits per heavy atom. The Kier molecular flexibility index (Phi) is 6.17. The average molecular weight is 315 g/mol. The van der Waals surface area contributed by atoms with Crippen LogP contribution in [0.3, 0.4) is 0 Å². The number of carbonyl (C=O) groups is 2. The van der Waals surface area contributed by atoms with E-state index in [1.807, 2.05) is 11.8 Å². The minimum absolute atomic E-state index is 0.0176. The van der Waals surface area contributed by atoms with E-state index in [1.54, 1.807) is 0 Å². The second-order valence-corrected chi connectivity index (χ2v) is 7.12. The zero-order valence-electron chi connectivity index (χ0n) is 12.4. The Hall–Kier alpha value is -0.950. The number of hydrogen-bond acceptors (Lipinski definition) is 4. The molecule has 120 valence electrons. The first kappa shape index (κ1) is 16.4. The van der Waals surface area contributed by atoms with Gasteiger partial charge in [0.05, 0.1) is 12.0 Å². The largest absolute Gasteiger partial charge is 0.481 e. The standard InChI is InChI=1S/C14H25N3O3S/c18-12(19)11-14(3-1-2-4-14)16-13(20)15-5-6-17-7-9-21-10-8-17/h1-11H2,(H,18,19)(H2,15,16,20). The number of hydrogen-bond donors (Lipinski definition) is 3. The molecule has 2 fully saturated rings. The van der Waals surface area contributed by atoms with Crippen molar-refractivity contribution in [3.63, 3.8) is 0 Å². The van der Waals surface area contributed by atoms with E-state index in [2.05, 4.69) is 15.5 Å². The first-order valence-electron chi connectivity index (χ1n) is 7.68. The van der Waals surface area contributed by atoms with Crippen LogP contribution in [0.4, 0.5) is 4.79 Å². The van der Waals surface area contributed by atoms with Crippen LogP contribution < -0.4 is 10.6 Å². The summed E-state index contributed by atoms with van der Waals surface area (Å²) in [6, 6.07) is -0.232. The summed E-state index contributed by atoms with van der Waals surface area (Å²) in [5.41, 5.74) is -0.544. The van der Waals surface area contributed by atoms with Crippen molar-refractivity contribution in [2.24, 2.45) is 0 Å². The number of nitrogens with one attached hydrogen (secondary N) is 2. The first-order valence-corrected chi connectivity index (χ1v) is 8.83. The van der Waals surface area contributed by atoms with Crippen molar-refractivity contribution in [1.29, 1.82) is 0 Å². The van der Waals surface area contributed by atoms with Crippen LogP contribution in [-0.2, 0) is 4.79 Å². The quantitative estimate of drug-likeness (QED) is 0.684. The molecule has 2 rings (SSSR count). The van der Waals surface area contributed by atoms with Gasteiger partial charge in [0.25, 0.3) is 0 Å². The van der Waals surface area contributed by atoms with Gasteiger partial charge in [-0.2, -0.15) is 11.8 Å². The van der Waals surface area contributed by atoms with Gasteiger partial charge in [0.2, 0.25) is 0 Å². The topological polar surface area (TPSA) is 81.7 Å². The predicted molar refractivity (Wildman–Crippen MR) is 83.8 cm³/mol. The molecule has 2 aliphatic rings. The average Bonchev–Trinajstić information content (AvgIpc) is 2.87. The van der Waals surface area contributed by atoms with Gasteiger partial charge in [-0.25, -0.2) is 4.79 Å². The lowest BCUT2D eigenvalue weighted by Gasteiger charge is -2.29. The molecule has 3 N–H and O–H groups in total. The molecular formula is C14H25N3O3S. The Balaban J connectivity index is 1.70. The molecule has 0 radical (unpaired) electrons. The minimum Gasteiger partial charge on any atom is -0.481 e. The highest BCUT2D eigenvalue weighted by Gasteiger charge is 2.37. The number of urea groups is 1. The molecule has 1 saturated carbocycles. The third kappa shape index (κ3) is 5.39. The van der Waals surface area contributed by atoms with Crippen LogP contribution in [0.1, 0.15) is 32.1 Å². The molecule has 1 aliphatic heterocycles. The van der Waals surface area contributed by atoms with Gasteiger partial charge in [0.1, 0.15) is 0 Å². The van der Waals surface area contributed by atoms with Crippen molar-refractivity contribution in [3.8, 4) is 0 Å². The second-order valence-electron chi connectivity index (χ2n) is 5.89. The molecular weight excluding hydrogens is 290 g/mol. The fourth-order valence-corrected chi connectivity index (χ4v) is 4.10. The molecule has 1 aliphatic carbocycles. The van der Waals surface area contributed by atoms with Gasteiger partial charge >= 0.3 is 12.0 Å². The Bertz CT molecular complexity index is 366. The van der Waals surface area contributed by atoms with Gasteiger partial charge in [-0.1, -0.05) is 12.8 Å². The molecule has 0 aromatic carbocycles. The monoisotopic (exact) mass is 315 g/mol. The van der Waals surface area contributed by atoms with Crippen LogP contribution >= 0.6 is 11.8 Å². The number of carboxylic acid groups (broad SMARTS) is 1. The van der Waals surface area contributed by atoms with Gasteiger partial charge < -0.3 is 15.7 Å². The number of carbonyl (C=O) groups excluding carboxylic acids is 1. The number of amides is 2. The van der Waals surface area contributed by atoms with Crippen molar-refractivity contribution in [2.45, 2.75) is 37.6 Å². The fraction of sp³-hybridized carbons (Fsp3) is 0.857. The van der Waals surface area contributed by atoms with Gasteiger partial charge in [0.15, 0.2) is 0 Å². The molecule has 1 saturated heterocycles. The predicted octanol–water partition coefficient (Wildman–Crippen LogP) is 1.12. The summed E-state index contributed by atoms with van der Waals surface area (Å²) >= 11 is 1.97. The highest BCUT2D eigenvalue weighted by atomic mass is 32.2. The third-order valence-corrected chi connectivity index (χ3v) is 5.19. The number of carboxylic acids is 1. The molecule has 6 nitrogen and oxygen atoms in total. The molecule has 0 unspecified atom stereocenters. The van der Waals surface area contributed by atoms with Crippen molar-refractivity contribution >= 4 is 23.8 Å². The summed E-state index contributed by atoms with van der Waals surface area (Å²) < 4.78 is 0.